The molecule has 0 amide bonds. The van der Waals surface area contributed by atoms with Gasteiger partial charge in [-0.25, -0.2) is 0 Å². The van der Waals surface area contributed by atoms with Gasteiger partial charge in [-0.15, -0.1) is 0 Å². The molecule has 0 atom stereocenters. The molecule has 1 fully saturated rings. The molecule has 20 heavy (non-hydrogen) atoms. The molecule has 1 aliphatic rings. The molecule has 110 valence electrons. The first kappa shape index (κ1) is 15.3. The second kappa shape index (κ2) is 6.14. The van der Waals surface area contributed by atoms with Crippen molar-refractivity contribution < 1.29 is 15.0 Å². The number of hydrogen-bond acceptors (Lipinski definition) is 3. The van der Waals surface area contributed by atoms with Gasteiger partial charge in [0.1, 0.15) is 0 Å². The zero-order valence-corrected chi connectivity index (χ0v) is 13.1. The summed E-state index contributed by atoms with van der Waals surface area (Å²) in [6.45, 7) is 2.47. The highest BCUT2D eigenvalue weighted by molar-refractivity contribution is 9.10. The second-order valence-electron chi connectivity index (χ2n) is 5.60. The van der Waals surface area contributed by atoms with Gasteiger partial charge in [-0.05, 0) is 50.3 Å². The first-order valence-corrected chi connectivity index (χ1v) is 7.65. The van der Waals surface area contributed by atoms with Crippen molar-refractivity contribution in [1.82, 2.24) is 0 Å². The molecule has 0 spiro atoms. The molecule has 1 saturated carbocycles. The third kappa shape index (κ3) is 3.52. The van der Waals surface area contributed by atoms with E-state index in [0.717, 1.165) is 15.7 Å². The van der Waals surface area contributed by atoms with Crippen LogP contribution in [0.5, 0.6) is 0 Å². The quantitative estimate of drug-likeness (QED) is 0.786. The molecule has 0 aliphatic heterocycles. The van der Waals surface area contributed by atoms with E-state index in [1.165, 1.54) is 0 Å². The molecular formula is C15H20BrNO3. The Morgan fingerprint density at radius 3 is 2.70 bits per heavy atom. The molecule has 0 aromatic heterocycles. The number of carboxylic acid groups (broad SMARTS) is 1. The fourth-order valence-electron chi connectivity index (χ4n) is 2.64. The van der Waals surface area contributed by atoms with Crippen LogP contribution in [0.2, 0.25) is 0 Å². The number of hydrogen-bond donors (Lipinski definition) is 3. The number of aliphatic carboxylic acids is 1. The molecule has 1 aromatic carbocycles. The van der Waals surface area contributed by atoms with Crippen molar-refractivity contribution in [1.29, 1.82) is 0 Å². The van der Waals surface area contributed by atoms with Gasteiger partial charge in [-0.1, -0.05) is 22.0 Å². The summed E-state index contributed by atoms with van der Waals surface area (Å²) in [7, 11) is 0. The maximum absolute atomic E-state index is 10.9. The standard InChI is InChI=1S/C15H20BrNO3/c1-10-12(16)3-2-4-13(10)17-9-15(20)7-5-11(6-8-15)14(18)19/h2-4,11,17,20H,5-9H2,1H3,(H,18,19). The largest absolute Gasteiger partial charge is 0.481 e. The minimum atomic E-state index is -0.805. The van der Waals surface area contributed by atoms with Crippen LogP contribution in [0.15, 0.2) is 22.7 Å². The highest BCUT2D eigenvalue weighted by Gasteiger charge is 2.35. The van der Waals surface area contributed by atoms with Gasteiger partial charge < -0.3 is 15.5 Å². The number of halogens is 1. The van der Waals surface area contributed by atoms with Crippen LogP contribution in [0, 0.1) is 12.8 Å². The predicted octanol–water partition coefficient (Wildman–Crippen LogP) is 3.18. The Labute approximate surface area is 127 Å². The average molecular weight is 342 g/mol. The normalized spacial score (nSPS) is 26.2. The molecule has 0 heterocycles. The molecule has 0 bridgehead atoms. The highest BCUT2D eigenvalue weighted by Crippen LogP contribution is 2.33. The fourth-order valence-corrected chi connectivity index (χ4v) is 3.00. The van der Waals surface area contributed by atoms with Crippen molar-refractivity contribution in [2.45, 2.75) is 38.2 Å². The summed E-state index contributed by atoms with van der Waals surface area (Å²) >= 11 is 3.48. The number of anilines is 1. The maximum Gasteiger partial charge on any atom is 0.306 e. The highest BCUT2D eigenvalue weighted by atomic mass is 79.9. The topological polar surface area (TPSA) is 69.6 Å². The minimum absolute atomic E-state index is 0.303. The zero-order valence-electron chi connectivity index (χ0n) is 11.5. The van der Waals surface area contributed by atoms with E-state index >= 15 is 0 Å². The summed E-state index contributed by atoms with van der Waals surface area (Å²) in [6, 6.07) is 5.91. The van der Waals surface area contributed by atoms with Crippen molar-refractivity contribution in [3.05, 3.63) is 28.2 Å². The summed E-state index contributed by atoms with van der Waals surface area (Å²) in [4.78, 5) is 10.9. The van der Waals surface area contributed by atoms with E-state index in [9.17, 15) is 9.90 Å². The zero-order chi connectivity index (χ0) is 14.8. The lowest BCUT2D eigenvalue weighted by Gasteiger charge is -2.35. The lowest BCUT2D eigenvalue weighted by Crippen LogP contribution is -2.41. The van der Waals surface area contributed by atoms with Crippen molar-refractivity contribution >= 4 is 27.6 Å². The predicted molar refractivity (Wildman–Crippen MR) is 81.9 cm³/mol. The molecule has 1 aromatic rings. The van der Waals surface area contributed by atoms with Crippen molar-refractivity contribution in [3.63, 3.8) is 0 Å². The monoisotopic (exact) mass is 341 g/mol. The van der Waals surface area contributed by atoms with Crippen molar-refractivity contribution in [3.8, 4) is 0 Å². The summed E-state index contributed by atoms with van der Waals surface area (Å²) in [5.74, 6) is -1.05. The molecule has 1 aliphatic carbocycles. The lowest BCUT2D eigenvalue weighted by atomic mass is 9.79. The van der Waals surface area contributed by atoms with E-state index in [1.807, 2.05) is 25.1 Å². The molecule has 5 heteroatoms. The maximum atomic E-state index is 10.9. The number of benzene rings is 1. The summed E-state index contributed by atoms with van der Waals surface area (Å²) in [6.07, 6.45) is 2.16. The summed E-state index contributed by atoms with van der Waals surface area (Å²) in [5.41, 5.74) is 1.30. The van der Waals surface area contributed by atoms with Gasteiger partial charge in [0.05, 0.1) is 11.5 Å². The number of carboxylic acids is 1. The first-order valence-electron chi connectivity index (χ1n) is 6.85. The Hall–Kier alpha value is -1.07. The smallest absolute Gasteiger partial charge is 0.306 e. The Morgan fingerprint density at radius 2 is 2.10 bits per heavy atom. The summed E-state index contributed by atoms with van der Waals surface area (Å²) in [5, 5.41) is 22.8. The van der Waals surface area contributed by atoms with Crippen LogP contribution in [0.3, 0.4) is 0 Å². The average Bonchev–Trinajstić information content (AvgIpc) is 2.41. The van der Waals surface area contributed by atoms with Crippen LogP contribution >= 0.6 is 15.9 Å². The molecule has 0 saturated heterocycles. The summed E-state index contributed by atoms with van der Waals surface area (Å²) < 4.78 is 1.03. The van der Waals surface area contributed by atoms with Gasteiger partial charge in [0.2, 0.25) is 0 Å². The second-order valence-corrected chi connectivity index (χ2v) is 6.46. The lowest BCUT2D eigenvalue weighted by molar-refractivity contribution is -0.144. The van der Waals surface area contributed by atoms with Crippen molar-refractivity contribution in [2.24, 2.45) is 5.92 Å². The van der Waals surface area contributed by atoms with Gasteiger partial charge in [0.15, 0.2) is 0 Å². The number of aliphatic hydroxyl groups is 1. The Balaban J connectivity index is 1.94. The third-order valence-electron chi connectivity index (χ3n) is 4.14. The van der Waals surface area contributed by atoms with Gasteiger partial charge in [0.25, 0.3) is 0 Å². The van der Waals surface area contributed by atoms with E-state index in [0.29, 0.717) is 32.2 Å². The number of nitrogens with one attached hydrogen (secondary N) is 1. The van der Waals surface area contributed by atoms with Gasteiger partial charge in [-0.3, -0.25) is 4.79 Å². The number of carbonyl (C=O) groups is 1. The van der Waals surface area contributed by atoms with Crippen molar-refractivity contribution in [2.75, 3.05) is 11.9 Å². The molecule has 2 rings (SSSR count). The van der Waals surface area contributed by atoms with Crippen LogP contribution in [0.1, 0.15) is 31.2 Å². The van der Waals surface area contributed by atoms with Crippen LogP contribution in [0.4, 0.5) is 5.69 Å². The van der Waals surface area contributed by atoms with Crippen LogP contribution < -0.4 is 5.32 Å². The van der Waals surface area contributed by atoms with E-state index in [1.54, 1.807) is 0 Å². The van der Waals surface area contributed by atoms with Gasteiger partial charge in [0, 0.05) is 16.7 Å². The van der Waals surface area contributed by atoms with Gasteiger partial charge in [-0.2, -0.15) is 0 Å². The van der Waals surface area contributed by atoms with E-state index < -0.39 is 11.6 Å². The fraction of sp³-hybridized carbons (Fsp3) is 0.533. The molecular weight excluding hydrogens is 322 g/mol. The Morgan fingerprint density at radius 1 is 1.45 bits per heavy atom. The van der Waals surface area contributed by atoms with Crippen LogP contribution in [-0.2, 0) is 4.79 Å². The molecule has 0 unspecified atom stereocenters. The van der Waals surface area contributed by atoms with Gasteiger partial charge >= 0.3 is 5.97 Å². The Kier molecular flexibility index (Phi) is 4.70. The SMILES string of the molecule is Cc1c(Br)cccc1NCC1(O)CCC(C(=O)O)CC1. The Bertz CT molecular complexity index is 496. The van der Waals surface area contributed by atoms with Crippen LogP contribution in [0.25, 0.3) is 0 Å². The van der Waals surface area contributed by atoms with Crippen LogP contribution in [-0.4, -0.2) is 28.3 Å². The first-order chi connectivity index (χ1) is 9.41. The molecule has 3 N–H and O–H groups in total. The molecule has 0 radical (unpaired) electrons. The third-order valence-corrected chi connectivity index (χ3v) is 5.00. The molecule has 4 nitrogen and oxygen atoms in total. The number of rotatable bonds is 4. The minimum Gasteiger partial charge on any atom is -0.481 e. The van der Waals surface area contributed by atoms with E-state index in [2.05, 4.69) is 21.2 Å². The van der Waals surface area contributed by atoms with E-state index in [-0.39, 0.29) is 5.92 Å². The van der Waals surface area contributed by atoms with E-state index in [4.69, 9.17) is 5.11 Å².